The summed E-state index contributed by atoms with van der Waals surface area (Å²) in [4.78, 5) is 12.7. The Kier molecular flexibility index (Phi) is 3.14. The van der Waals surface area contributed by atoms with Crippen LogP contribution >= 0.6 is 38.9 Å². The van der Waals surface area contributed by atoms with E-state index in [2.05, 4.69) is 26.2 Å². The molecule has 0 radical (unpaired) electrons. The Hall–Kier alpha value is -0.720. The van der Waals surface area contributed by atoms with Crippen LogP contribution in [0.15, 0.2) is 9.98 Å². The van der Waals surface area contributed by atoms with E-state index in [0.29, 0.717) is 20.2 Å². The lowest BCUT2D eigenvalue weighted by Crippen LogP contribution is -2.07. The van der Waals surface area contributed by atoms with Crippen molar-refractivity contribution in [3.63, 3.8) is 0 Å². The fraction of sp³-hybridized carbons (Fsp3) is 0.222. The first-order valence-electron chi connectivity index (χ1n) is 4.36. The molecule has 7 heteroatoms. The number of ketones is 1. The fourth-order valence-corrected chi connectivity index (χ4v) is 2.99. The van der Waals surface area contributed by atoms with E-state index in [9.17, 15) is 4.79 Å². The van der Waals surface area contributed by atoms with E-state index in [1.807, 2.05) is 12.3 Å². The minimum Gasteiger partial charge on any atom is -0.286 e. The van der Waals surface area contributed by atoms with Crippen molar-refractivity contribution in [2.24, 2.45) is 7.05 Å². The summed E-state index contributed by atoms with van der Waals surface area (Å²) in [5.41, 5.74) is 1.31. The van der Waals surface area contributed by atoms with Crippen molar-refractivity contribution in [2.45, 2.75) is 6.92 Å². The Bertz CT molecular complexity index is 544. The van der Waals surface area contributed by atoms with Gasteiger partial charge in [-0.25, -0.2) is 4.68 Å². The normalized spacial score (nSPS) is 10.8. The van der Waals surface area contributed by atoms with E-state index in [-0.39, 0.29) is 5.78 Å². The Labute approximate surface area is 109 Å². The number of aromatic nitrogens is 3. The lowest BCUT2D eigenvalue weighted by atomic mass is 10.2. The van der Waals surface area contributed by atoms with E-state index in [1.54, 1.807) is 7.05 Å². The van der Waals surface area contributed by atoms with E-state index < -0.39 is 0 Å². The molecule has 0 fully saturated rings. The molecule has 0 aliphatic heterocycles. The first-order chi connectivity index (χ1) is 7.52. The van der Waals surface area contributed by atoms with E-state index in [4.69, 9.17) is 11.6 Å². The number of aryl methyl sites for hydroxylation is 2. The quantitative estimate of drug-likeness (QED) is 0.799. The highest BCUT2D eigenvalue weighted by atomic mass is 79.9. The minimum absolute atomic E-state index is 0.164. The second kappa shape index (κ2) is 4.27. The number of carbonyl (C=O) groups is 1. The third-order valence-corrected chi connectivity index (χ3v) is 4.34. The summed E-state index contributed by atoms with van der Waals surface area (Å²) < 4.78 is 1.86. The van der Waals surface area contributed by atoms with Gasteiger partial charge in [0.15, 0.2) is 4.60 Å². The van der Waals surface area contributed by atoms with Crippen molar-refractivity contribution in [1.82, 2.24) is 15.0 Å². The minimum atomic E-state index is -0.164. The maximum atomic E-state index is 12.2. The lowest BCUT2D eigenvalue weighted by molar-refractivity contribution is 0.103. The van der Waals surface area contributed by atoms with Crippen molar-refractivity contribution < 1.29 is 4.79 Å². The third-order valence-electron chi connectivity index (χ3n) is 2.11. The van der Waals surface area contributed by atoms with Crippen LogP contribution < -0.4 is 0 Å². The molecule has 0 N–H and O–H groups in total. The van der Waals surface area contributed by atoms with Gasteiger partial charge < -0.3 is 0 Å². The maximum absolute atomic E-state index is 12.2. The summed E-state index contributed by atoms with van der Waals surface area (Å²) in [7, 11) is 1.67. The summed E-state index contributed by atoms with van der Waals surface area (Å²) >= 11 is 10.6. The van der Waals surface area contributed by atoms with Gasteiger partial charge in [-0.1, -0.05) is 16.8 Å². The van der Waals surface area contributed by atoms with Gasteiger partial charge in [0.25, 0.3) is 0 Å². The van der Waals surface area contributed by atoms with Gasteiger partial charge in [-0.05, 0) is 33.8 Å². The van der Waals surface area contributed by atoms with Crippen molar-refractivity contribution in [3.05, 3.63) is 31.1 Å². The Morgan fingerprint density at radius 3 is 2.75 bits per heavy atom. The predicted molar refractivity (Wildman–Crippen MR) is 66.2 cm³/mol. The Morgan fingerprint density at radius 1 is 1.62 bits per heavy atom. The van der Waals surface area contributed by atoms with Crippen molar-refractivity contribution in [2.75, 3.05) is 0 Å². The van der Waals surface area contributed by atoms with Crippen LogP contribution in [0.5, 0.6) is 0 Å². The molecule has 16 heavy (non-hydrogen) atoms. The van der Waals surface area contributed by atoms with E-state index in [1.165, 1.54) is 16.0 Å². The average molecular weight is 321 g/mol. The van der Waals surface area contributed by atoms with Gasteiger partial charge in [0, 0.05) is 7.05 Å². The largest absolute Gasteiger partial charge is 0.286 e. The molecule has 0 unspecified atom stereocenters. The zero-order valence-corrected chi connectivity index (χ0v) is 11.6. The molecular formula is C9H7BrClN3OS. The second-order valence-corrected chi connectivity index (χ2v) is 5.25. The smallest absolute Gasteiger partial charge is 0.225 e. The molecule has 0 saturated carbocycles. The van der Waals surface area contributed by atoms with Crippen molar-refractivity contribution in [1.29, 1.82) is 0 Å². The number of carbonyl (C=O) groups excluding carboxylic acids is 1. The molecule has 0 aliphatic carbocycles. The topological polar surface area (TPSA) is 47.8 Å². The van der Waals surface area contributed by atoms with Gasteiger partial charge in [0.05, 0.1) is 9.90 Å². The second-order valence-electron chi connectivity index (χ2n) is 3.24. The van der Waals surface area contributed by atoms with Gasteiger partial charge in [-0.15, -0.1) is 16.4 Å². The first kappa shape index (κ1) is 11.8. The molecule has 4 nitrogen and oxygen atoms in total. The molecule has 0 atom stereocenters. The van der Waals surface area contributed by atoms with Crippen LogP contribution in [-0.4, -0.2) is 20.8 Å². The van der Waals surface area contributed by atoms with Gasteiger partial charge in [-0.3, -0.25) is 4.79 Å². The van der Waals surface area contributed by atoms with Crippen LogP contribution in [0.4, 0.5) is 0 Å². The van der Waals surface area contributed by atoms with Crippen LogP contribution in [0.1, 0.15) is 20.9 Å². The number of hydrogen-bond acceptors (Lipinski definition) is 4. The van der Waals surface area contributed by atoms with Crippen LogP contribution in [-0.2, 0) is 7.05 Å². The highest BCUT2D eigenvalue weighted by molar-refractivity contribution is 9.10. The van der Waals surface area contributed by atoms with E-state index >= 15 is 0 Å². The van der Waals surface area contributed by atoms with E-state index in [0.717, 1.165) is 5.56 Å². The molecule has 2 aromatic rings. The maximum Gasteiger partial charge on any atom is 0.225 e. The zero-order chi connectivity index (χ0) is 11.9. The van der Waals surface area contributed by atoms with Crippen LogP contribution in [0, 0.1) is 6.92 Å². The summed E-state index contributed by atoms with van der Waals surface area (Å²) in [5, 5.41) is 9.89. The fourth-order valence-electron chi connectivity index (χ4n) is 1.26. The molecule has 2 heterocycles. The Balaban J connectivity index is 2.51. The molecule has 0 amide bonds. The summed E-state index contributed by atoms with van der Waals surface area (Å²) in [6, 6.07) is 0. The zero-order valence-electron chi connectivity index (χ0n) is 8.49. The molecule has 0 saturated heterocycles. The van der Waals surface area contributed by atoms with Crippen LogP contribution in [0.3, 0.4) is 0 Å². The number of thiophene rings is 1. The molecule has 0 spiro atoms. The lowest BCUT2D eigenvalue weighted by Gasteiger charge is -1.99. The monoisotopic (exact) mass is 319 g/mol. The highest BCUT2D eigenvalue weighted by Crippen LogP contribution is 2.30. The van der Waals surface area contributed by atoms with Crippen LogP contribution in [0.2, 0.25) is 5.02 Å². The number of hydrogen-bond donors (Lipinski definition) is 0. The molecular weight excluding hydrogens is 314 g/mol. The van der Waals surface area contributed by atoms with Gasteiger partial charge >= 0.3 is 0 Å². The third kappa shape index (κ3) is 1.81. The van der Waals surface area contributed by atoms with Crippen LogP contribution in [0.25, 0.3) is 0 Å². The van der Waals surface area contributed by atoms with Crippen molar-refractivity contribution >= 4 is 44.7 Å². The molecule has 0 bridgehead atoms. The molecule has 0 aromatic carbocycles. The molecule has 2 aromatic heterocycles. The predicted octanol–water partition coefficient (Wildman–Crippen LogP) is 2.83. The summed E-state index contributed by atoms with van der Waals surface area (Å²) in [6.07, 6.45) is 0. The summed E-state index contributed by atoms with van der Waals surface area (Å²) in [5.74, 6) is -0.164. The first-order valence-corrected chi connectivity index (χ1v) is 6.41. The standard InChI is InChI=1S/C9H7BrClN3OS/c1-4-3-16-8(5(4)11)7(15)6-9(10)12-13-14(6)2/h3H,1-2H3. The van der Waals surface area contributed by atoms with Gasteiger partial charge in [0.1, 0.15) is 5.69 Å². The number of rotatable bonds is 2. The number of halogens is 2. The van der Waals surface area contributed by atoms with Crippen molar-refractivity contribution in [3.8, 4) is 0 Å². The summed E-state index contributed by atoms with van der Waals surface area (Å²) in [6.45, 7) is 1.87. The molecule has 84 valence electrons. The SMILES string of the molecule is Cc1csc(C(=O)c2c(Br)nnn2C)c1Cl. The Morgan fingerprint density at radius 2 is 2.31 bits per heavy atom. The van der Waals surface area contributed by atoms with Gasteiger partial charge in [-0.2, -0.15) is 0 Å². The van der Waals surface area contributed by atoms with Gasteiger partial charge in [0.2, 0.25) is 5.78 Å². The highest BCUT2D eigenvalue weighted by Gasteiger charge is 2.22. The average Bonchev–Trinajstić information content (AvgIpc) is 2.73. The molecule has 2 rings (SSSR count). The number of nitrogens with zero attached hydrogens (tertiary/aromatic N) is 3. The molecule has 0 aliphatic rings.